The molecule has 0 bridgehead atoms. The molecule has 11 aromatic rings. The fourth-order valence-corrected chi connectivity index (χ4v) is 8.86. The highest BCUT2D eigenvalue weighted by Crippen LogP contribution is 2.47. The van der Waals surface area contributed by atoms with E-state index in [0.717, 1.165) is 90.2 Å². The van der Waals surface area contributed by atoms with Gasteiger partial charge < -0.3 is 24.0 Å². The van der Waals surface area contributed by atoms with Crippen molar-refractivity contribution < 1.29 is 4.42 Å². The molecule has 5 nitrogen and oxygen atoms in total. The number of anilines is 12. The van der Waals surface area contributed by atoms with Crippen LogP contribution in [0.15, 0.2) is 271 Å². The fourth-order valence-electron chi connectivity index (χ4n) is 8.86. The van der Waals surface area contributed by atoms with Crippen LogP contribution in [0.5, 0.6) is 0 Å². The number of fused-ring (bicyclic) bond motifs is 3. The number of nitrogens with zero attached hydrogens (tertiary/aromatic N) is 4. The summed E-state index contributed by atoms with van der Waals surface area (Å²) in [4.78, 5) is 9.16. The molecule has 0 saturated carbocycles. The summed E-state index contributed by atoms with van der Waals surface area (Å²) in [6, 6.07) is 93.6. The maximum absolute atomic E-state index is 7.22. The molecule has 1 heterocycles. The lowest BCUT2D eigenvalue weighted by atomic mass is 10.1. The zero-order valence-corrected chi connectivity index (χ0v) is 35.6. The number of hydrogen-bond donors (Lipinski definition) is 0. The first-order chi connectivity index (χ1) is 32.3. The molecule has 0 saturated heterocycles. The molecule has 0 aliphatic heterocycles. The van der Waals surface area contributed by atoms with Gasteiger partial charge in [-0.15, -0.1) is 0 Å². The number of para-hydroxylation sites is 8. The number of hydrogen-bond acceptors (Lipinski definition) is 5. The van der Waals surface area contributed by atoms with E-state index in [1.54, 1.807) is 0 Å². The van der Waals surface area contributed by atoms with E-state index in [2.05, 4.69) is 287 Å². The Labute approximate surface area is 379 Å². The highest BCUT2D eigenvalue weighted by Gasteiger charge is 2.24. The highest BCUT2D eigenvalue weighted by molar-refractivity contribution is 6.14. The zero-order valence-electron chi connectivity index (χ0n) is 35.6. The second-order valence-electron chi connectivity index (χ2n) is 15.8. The molecule has 0 atom stereocenters. The Kier molecular flexibility index (Phi) is 10.5. The number of rotatable bonds is 12. The minimum absolute atomic E-state index is 0.808. The Morgan fingerprint density at radius 2 is 0.400 bits per heavy atom. The summed E-state index contributed by atoms with van der Waals surface area (Å²) < 4.78 is 7.22. The van der Waals surface area contributed by atoms with Crippen LogP contribution in [0.1, 0.15) is 0 Å². The van der Waals surface area contributed by atoms with Crippen LogP contribution in [0.3, 0.4) is 0 Å². The van der Waals surface area contributed by atoms with Crippen LogP contribution in [0.2, 0.25) is 0 Å². The minimum Gasteiger partial charge on any atom is -0.452 e. The van der Waals surface area contributed by atoms with E-state index >= 15 is 0 Å². The lowest BCUT2D eigenvalue weighted by molar-refractivity contribution is 0.669. The van der Waals surface area contributed by atoms with Gasteiger partial charge in [-0.25, -0.2) is 0 Å². The maximum Gasteiger partial charge on any atom is 0.159 e. The van der Waals surface area contributed by atoms with Crippen LogP contribution in [0, 0.1) is 0 Å². The second-order valence-corrected chi connectivity index (χ2v) is 15.8. The van der Waals surface area contributed by atoms with Crippen molar-refractivity contribution in [2.75, 3.05) is 19.6 Å². The molecule has 0 aliphatic rings. The van der Waals surface area contributed by atoms with Crippen molar-refractivity contribution in [3.05, 3.63) is 267 Å². The molecule has 0 unspecified atom stereocenters. The second kappa shape index (κ2) is 17.5. The molecule has 0 amide bonds. The van der Waals surface area contributed by atoms with Gasteiger partial charge in [-0.1, -0.05) is 133 Å². The Bertz CT molecular complexity index is 2990. The van der Waals surface area contributed by atoms with E-state index in [4.69, 9.17) is 4.42 Å². The summed E-state index contributed by atoms with van der Waals surface area (Å²) in [6.45, 7) is 0. The van der Waals surface area contributed by atoms with Crippen LogP contribution in [0.4, 0.5) is 68.2 Å². The van der Waals surface area contributed by atoms with Crippen molar-refractivity contribution in [3.8, 4) is 0 Å². The summed E-state index contributed by atoms with van der Waals surface area (Å²) in [5.74, 6) is 0. The lowest BCUT2D eigenvalue weighted by Gasteiger charge is -2.28. The van der Waals surface area contributed by atoms with Gasteiger partial charge in [0.1, 0.15) is 0 Å². The Morgan fingerprint density at radius 1 is 0.185 bits per heavy atom. The van der Waals surface area contributed by atoms with Gasteiger partial charge in [0.25, 0.3) is 0 Å². The van der Waals surface area contributed by atoms with Gasteiger partial charge in [-0.05, 0) is 133 Å². The predicted molar refractivity (Wildman–Crippen MR) is 272 cm³/mol. The van der Waals surface area contributed by atoms with Crippen LogP contribution < -0.4 is 19.6 Å². The van der Waals surface area contributed by atoms with Crippen LogP contribution >= 0.6 is 0 Å². The number of benzene rings is 10. The Balaban J connectivity index is 1.03. The third-order valence-corrected chi connectivity index (χ3v) is 11.8. The molecule has 310 valence electrons. The summed E-state index contributed by atoms with van der Waals surface area (Å²) in [7, 11) is 0. The average Bonchev–Trinajstić information content (AvgIpc) is 3.78. The van der Waals surface area contributed by atoms with Crippen LogP contribution in [-0.4, -0.2) is 0 Å². The lowest BCUT2D eigenvalue weighted by Crippen LogP contribution is -2.12. The van der Waals surface area contributed by atoms with E-state index in [-0.39, 0.29) is 0 Å². The van der Waals surface area contributed by atoms with E-state index < -0.39 is 0 Å². The van der Waals surface area contributed by atoms with Gasteiger partial charge in [-0.2, -0.15) is 0 Å². The molecule has 0 aliphatic carbocycles. The topological polar surface area (TPSA) is 26.1 Å². The molecule has 0 fully saturated rings. The quantitative estimate of drug-likeness (QED) is 0.122. The van der Waals surface area contributed by atoms with Crippen LogP contribution in [-0.2, 0) is 0 Å². The first kappa shape index (κ1) is 39.1. The van der Waals surface area contributed by atoms with Crippen molar-refractivity contribution in [1.82, 2.24) is 0 Å². The third kappa shape index (κ3) is 7.62. The summed E-state index contributed by atoms with van der Waals surface area (Å²) >= 11 is 0. The highest BCUT2D eigenvalue weighted by atomic mass is 16.3. The molecule has 1 aromatic heterocycles. The normalized spacial score (nSPS) is 11.1. The van der Waals surface area contributed by atoms with Gasteiger partial charge in [0.2, 0.25) is 0 Å². The molecular weight excluding hydrogens is 793 g/mol. The van der Waals surface area contributed by atoms with Crippen molar-refractivity contribution in [2.45, 2.75) is 0 Å². The standard InChI is InChI=1S/C60H44N4O/c1-7-21-45(22-8-1)61(46-23-9-2-10-24-46)51-37-41-53(42-38-51)63(49-29-15-5-16-30-49)57-35-19-33-55-56-34-20-36-58(60(56)65-59(55)57)64(50-31-17-6-18-32-50)54-43-39-52(40-44-54)62(47-25-11-3-12-26-47)48-27-13-4-14-28-48/h1-44H. The molecule has 11 rings (SSSR count). The first-order valence-corrected chi connectivity index (χ1v) is 21.9. The van der Waals surface area contributed by atoms with E-state index in [9.17, 15) is 0 Å². The van der Waals surface area contributed by atoms with Crippen LogP contribution in [0.25, 0.3) is 21.9 Å². The molecule has 65 heavy (non-hydrogen) atoms. The summed E-state index contributed by atoms with van der Waals surface area (Å²) in [5.41, 5.74) is 14.1. The fraction of sp³-hybridized carbons (Fsp3) is 0. The largest absolute Gasteiger partial charge is 0.452 e. The Hall–Kier alpha value is -8.80. The van der Waals surface area contributed by atoms with E-state index in [1.165, 1.54) is 0 Å². The third-order valence-electron chi connectivity index (χ3n) is 11.8. The van der Waals surface area contributed by atoms with Crippen molar-refractivity contribution in [1.29, 1.82) is 0 Å². The molecule has 0 spiro atoms. The smallest absolute Gasteiger partial charge is 0.159 e. The minimum atomic E-state index is 0.808. The van der Waals surface area contributed by atoms with Crippen molar-refractivity contribution in [3.63, 3.8) is 0 Å². The zero-order chi connectivity index (χ0) is 43.4. The molecule has 0 radical (unpaired) electrons. The molecule has 0 N–H and O–H groups in total. The van der Waals surface area contributed by atoms with Gasteiger partial charge >= 0.3 is 0 Å². The molecule has 10 aromatic carbocycles. The van der Waals surface area contributed by atoms with Crippen molar-refractivity contribution in [2.24, 2.45) is 0 Å². The summed E-state index contributed by atoms with van der Waals surface area (Å²) in [5, 5.41) is 2.09. The first-order valence-electron chi connectivity index (χ1n) is 21.9. The maximum atomic E-state index is 7.22. The number of furan rings is 1. The van der Waals surface area contributed by atoms with Crippen molar-refractivity contribution >= 4 is 90.2 Å². The monoisotopic (exact) mass is 836 g/mol. The van der Waals surface area contributed by atoms with Gasteiger partial charge in [-0.3, -0.25) is 0 Å². The van der Waals surface area contributed by atoms with E-state index in [1.807, 2.05) is 0 Å². The average molecular weight is 837 g/mol. The Morgan fingerprint density at radius 3 is 0.662 bits per heavy atom. The van der Waals surface area contributed by atoms with E-state index in [0.29, 0.717) is 0 Å². The predicted octanol–water partition coefficient (Wildman–Crippen LogP) is 17.5. The van der Waals surface area contributed by atoms with Gasteiger partial charge in [0.05, 0.1) is 11.4 Å². The van der Waals surface area contributed by atoms with Gasteiger partial charge in [0, 0.05) is 67.6 Å². The summed E-state index contributed by atoms with van der Waals surface area (Å²) in [6.07, 6.45) is 0. The van der Waals surface area contributed by atoms with Gasteiger partial charge in [0.15, 0.2) is 11.2 Å². The SMILES string of the molecule is c1ccc(N(c2ccccc2)c2ccc(N(c3ccccc3)c3cccc4c3oc3c(N(c5ccccc5)c5ccc(N(c6ccccc6)c6ccccc6)cc5)cccc34)cc2)cc1. The molecular formula is C60H44N4O. The molecule has 5 heteroatoms.